The highest BCUT2D eigenvalue weighted by Crippen LogP contribution is 2.29. The molecule has 8 nitrogen and oxygen atoms in total. The van der Waals surface area contributed by atoms with Crippen LogP contribution in [0.2, 0.25) is 10.0 Å². The van der Waals surface area contributed by atoms with Crippen molar-refractivity contribution < 1.29 is 9.72 Å². The normalized spacial score (nSPS) is 10.9. The fraction of sp³-hybridized carbons (Fsp3) is 0. The SMILES string of the molecule is O=C(N/N=C\c1ccc([N+](=O)[O-])cc1)c1cc(-c2cc(Cl)ccc2Cl)n[nH]1. The first-order valence-electron chi connectivity index (χ1n) is 7.53. The Morgan fingerprint density at radius 3 is 2.63 bits per heavy atom. The summed E-state index contributed by atoms with van der Waals surface area (Å²) in [5.74, 6) is -0.509. The lowest BCUT2D eigenvalue weighted by molar-refractivity contribution is -0.384. The Balaban J connectivity index is 1.67. The summed E-state index contributed by atoms with van der Waals surface area (Å²) < 4.78 is 0. The molecule has 0 saturated heterocycles. The standard InChI is InChI=1S/C17H11Cl2N5O3/c18-11-3-6-14(19)13(7-11)15-8-16(22-21-15)17(25)23-20-9-10-1-4-12(5-2-10)24(26)27/h1-9H,(H,21,22)(H,23,25)/b20-9-. The Morgan fingerprint density at radius 2 is 1.93 bits per heavy atom. The number of halogens is 2. The van der Waals surface area contributed by atoms with Crippen LogP contribution in [0.3, 0.4) is 0 Å². The van der Waals surface area contributed by atoms with Gasteiger partial charge in [0.05, 0.1) is 21.9 Å². The molecule has 0 saturated carbocycles. The number of nitrogens with one attached hydrogen (secondary N) is 2. The van der Waals surface area contributed by atoms with E-state index < -0.39 is 10.8 Å². The number of rotatable bonds is 5. The first-order chi connectivity index (χ1) is 12.9. The molecule has 2 aromatic carbocycles. The van der Waals surface area contributed by atoms with Crippen LogP contribution in [0.15, 0.2) is 53.6 Å². The second kappa shape index (κ2) is 7.98. The average molecular weight is 404 g/mol. The Morgan fingerprint density at radius 1 is 1.19 bits per heavy atom. The second-order valence-corrected chi connectivity index (χ2v) is 6.18. The van der Waals surface area contributed by atoms with Crippen molar-refractivity contribution in [1.29, 1.82) is 0 Å². The number of carbonyl (C=O) groups is 1. The number of H-pyrrole nitrogens is 1. The molecule has 0 spiro atoms. The van der Waals surface area contributed by atoms with E-state index in [1.165, 1.54) is 36.5 Å². The second-order valence-electron chi connectivity index (χ2n) is 5.34. The summed E-state index contributed by atoms with van der Waals surface area (Å²) in [5.41, 5.74) is 4.15. The molecule has 3 rings (SSSR count). The molecule has 1 aromatic heterocycles. The fourth-order valence-corrected chi connectivity index (χ4v) is 2.56. The summed E-state index contributed by atoms with van der Waals surface area (Å²) in [5, 5.41) is 22.0. The van der Waals surface area contributed by atoms with Crippen LogP contribution in [0.4, 0.5) is 5.69 Å². The van der Waals surface area contributed by atoms with E-state index >= 15 is 0 Å². The molecule has 0 fully saturated rings. The predicted molar refractivity (Wildman–Crippen MR) is 102 cm³/mol. The Hall–Kier alpha value is -3.23. The fourth-order valence-electron chi connectivity index (χ4n) is 2.18. The minimum Gasteiger partial charge on any atom is -0.272 e. The van der Waals surface area contributed by atoms with E-state index in [0.29, 0.717) is 26.9 Å². The number of carbonyl (C=O) groups excluding carboxylic acids is 1. The summed E-state index contributed by atoms with van der Waals surface area (Å²) >= 11 is 12.1. The van der Waals surface area contributed by atoms with Gasteiger partial charge in [0.25, 0.3) is 11.6 Å². The maximum absolute atomic E-state index is 12.1. The quantitative estimate of drug-likeness (QED) is 0.379. The molecule has 1 heterocycles. The molecule has 1 amide bonds. The van der Waals surface area contributed by atoms with Crippen molar-refractivity contribution in [3.63, 3.8) is 0 Å². The monoisotopic (exact) mass is 403 g/mol. The number of hydrogen-bond donors (Lipinski definition) is 2. The van der Waals surface area contributed by atoms with Gasteiger partial charge in [0.2, 0.25) is 0 Å². The van der Waals surface area contributed by atoms with Gasteiger partial charge in [0, 0.05) is 22.7 Å². The zero-order chi connectivity index (χ0) is 19.4. The van der Waals surface area contributed by atoms with Gasteiger partial charge in [-0.3, -0.25) is 20.0 Å². The molecule has 0 unspecified atom stereocenters. The van der Waals surface area contributed by atoms with Gasteiger partial charge in [-0.1, -0.05) is 23.2 Å². The van der Waals surface area contributed by atoms with Crippen LogP contribution in [0.5, 0.6) is 0 Å². The largest absolute Gasteiger partial charge is 0.289 e. The highest BCUT2D eigenvalue weighted by Gasteiger charge is 2.13. The third kappa shape index (κ3) is 4.49. The van der Waals surface area contributed by atoms with E-state index in [9.17, 15) is 14.9 Å². The molecule has 0 bridgehead atoms. The van der Waals surface area contributed by atoms with Crippen LogP contribution in [-0.4, -0.2) is 27.2 Å². The van der Waals surface area contributed by atoms with Gasteiger partial charge in [-0.25, -0.2) is 5.43 Å². The molecule has 0 aliphatic rings. The molecule has 10 heteroatoms. The van der Waals surface area contributed by atoms with Gasteiger partial charge in [-0.2, -0.15) is 10.2 Å². The average Bonchev–Trinajstić information content (AvgIpc) is 3.14. The number of amides is 1. The number of hydrogen-bond acceptors (Lipinski definition) is 5. The Kier molecular flexibility index (Phi) is 5.49. The van der Waals surface area contributed by atoms with Crippen molar-refractivity contribution in [3.05, 3.63) is 79.9 Å². The summed E-state index contributed by atoms with van der Waals surface area (Å²) in [6, 6.07) is 12.2. The van der Waals surface area contributed by atoms with Gasteiger partial charge >= 0.3 is 0 Å². The zero-order valence-electron chi connectivity index (χ0n) is 13.5. The van der Waals surface area contributed by atoms with Gasteiger partial charge in [-0.05, 0) is 42.0 Å². The van der Waals surface area contributed by atoms with Crippen LogP contribution in [0.25, 0.3) is 11.3 Å². The number of nitrogens with zero attached hydrogens (tertiary/aromatic N) is 3. The van der Waals surface area contributed by atoms with Crippen molar-refractivity contribution in [2.24, 2.45) is 5.10 Å². The number of aromatic nitrogens is 2. The third-order valence-corrected chi connectivity index (χ3v) is 4.08. The van der Waals surface area contributed by atoms with Gasteiger partial charge in [0.15, 0.2) is 0 Å². The highest BCUT2D eigenvalue weighted by molar-refractivity contribution is 6.35. The molecule has 0 aliphatic heterocycles. The summed E-state index contributed by atoms with van der Waals surface area (Å²) in [7, 11) is 0. The topological polar surface area (TPSA) is 113 Å². The minimum atomic E-state index is -0.509. The molecule has 136 valence electrons. The van der Waals surface area contributed by atoms with Crippen LogP contribution in [-0.2, 0) is 0 Å². The summed E-state index contributed by atoms with van der Waals surface area (Å²) in [4.78, 5) is 22.2. The lowest BCUT2D eigenvalue weighted by atomic mass is 10.1. The van der Waals surface area contributed by atoms with Gasteiger partial charge in [-0.15, -0.1) is 0 Å². The molecule has 0 radical (unpaired) electrons. The molecule has 0 aliphatic carbocycles. The maximum atomic E-state index is 12.1. The number of nitro benzene ring substituents is 1. The Labute approximate surface area is 163 Å². The molecule has 0 atom stereocenters. The molecular weight excluding hydrogens is 393 g/mol. The molecule has 27 heavy (non-hydrogen) atoms. The number of aromatic amines is 1. The van der Waals surface area contributed by atoms with E-state index in [1.807, 2.05) is 0 Å². The van der Waals surface area contributed by atoms with Crippen molar-refractivity contribution in [2.75, 3.05) is 0 Å². The van der Waals surface area contributed by atoms with Crippen molar-refractivity contribution in [1.82, 2.24) is 15.6 Å². The Bertz CT molecular complexity index is 1030. The maximum Gasteiger partial charge on any atom is 0.289 e. The van der Waals surface area contributed by atoms with Crippen LogP contribution >= 0.6 is 23.2 Å². The van der Waals surface area contributed by atoms with Crippen LogP contribution in [0, 0.1) is 10.1 Å². The van der Waals surface area contributed by atoms with E-state index in [2.05, 4.69) is 20.7 Å². The van der Waals surface area contributed by atoms with Crippen molar-refractivity contribution >= 4 is 41.0 Å². The summed E-state index contributed by atoms with van der Waals surface area (Å²) in [6.45, 7) is 0. The zero-order valence-corrected chi connectivity index (χ0v) is 15.0. The van der Waals surface area contributed by atoms with Crippen molar-refractivity contribution in [2.45, 2.75) is 0 Å². The first-order valence-corrected chi connectivity index (χ1v) is 8.28. The van der Waals surface area contributed by atoms with E-state index in [4.69, 9.17) is 23.2 Å². The lowest BCUT2D eigenvalue weighted by Crippen LogP contribution is -2.17. The highest BCUT2D eigenvalue weighted by atomic mass is 35.5. The smallest absolute Gasteiger partial charge is 0.272 e. The minimum absolute atomic E-state index is 0.0270. The summed E-state index contributed by atoms with van der Waals surface area (Å²) in [6.07, 6.45) is 1.37. The van der Waals surface area contributed by atoms with E-state index in [1.54, 1.807) is 18.2 Å². The third-order valence-electron chi connectivity index (χ3n) is 3.51. The van der Waals surface area contributed by atoms with E-state index in [-0.39, 0.29) is 11.4 Å². The van der Waals surface area contributed by atoms with Crippen molar-refractivity contribution in [3.8, 4) is 11.3 Å². The van der Waals surface area contributed by atoms with E-state index in [0.717, 1.165) is 0 Å². The lowest BCUT2D eigenvalue weighted by Gasteiger charge is -2.00. The molecule has 3 aromatic rings. The predicted octanol–water partition coefficient (Wildman–Crippen LogP) is 4.06. The first kappa shape index (κ1) is 18.6. The molecular formula is C17H11Cl2N5O3. The number of non-ortho nitro benzene ring substituents is 1. The number of nitro groups is 1. The van der Waals surface area contributed by atoms with Crippen LogP contribution < -0.4 is 5.43 Å². The number of benzene rings is 2. The number of hydrazone groups is 1. The molecule has 2 N–H and O–H groups in total. The van der Waals surface area contributed by atoms with Crippen LogP contribution in [0.1, 0.15) is 16.1 Å². The van der Waals surface area contributed by atoms with Gasteiger partial charge < -0.3 is 0 Å². The van der Waals surface area contributed by atoms with Gasteiger partial charge in [0.1, 0.15) is 5.69 Å².